The van der Waals surface area contributed by atoms with Crippen LogP contribution in [0, 0.1) is 0 Å². The topological polar surface area (TPSA) is 149 Å². The van der Waals surface area contributed by atoms with Crippen molar-refractivity contribution in [2.45, 2.75) is 0 Å². The summed E-state index contributed by atoms with van der Waals surface area (Å²) in [4.78, 5) is 41.9. The molecule has 4 N–H and O–H groups in total. The molecule has 0 aliphatic rings. The van der Waals surface area contributed by atoms with Crippen LogP contribution in [0.2, 0.25) is 0 Å². The number of benzene rings is 2. The second-order valence-electron chi connectivity index (χ2n) is 4.31. The number of carboxylic acid groups (broad SMARTS) is 4. The first-order valence-corrected chi connectivity index (χ1v) is 6.37. The van der Waals surface area contributed by atoms with Gasteiger partial charge in [0.2, 0.25) is 0 Å². The van der Waals surface area contributed by atoms with Gasteiger partial charge in [0.1, 0.15) is 0 Å². The predicted molar refractivity (Wildman–Crippen MR) is 95.6 cm³/mol. The van der Waals surface area contributed by atoms with Crippen LogP contribution in [-0.2, 0) is 26.2 Å². The average Bonchev–Trinajstić information content (AvgIpc) is 2.55. The normalized spacial score (nSPS) is 8.00. The zero-order valence-electron chi connectivity index (χ0n) is 17.7. The van der Waals surface area contributed by atoms with E-state index in [0.717, 1.165) is 0 Å². The third-order valence-electron chi connectivity index (χ3n) is 2.78. The van der Waals surface area contributed by atoms with Gasteiger partial charge in [0, 0.05) is 52.4 Å². The molecule has 0 spiro atoms. The molecule has 0 aromatic heterocycles. The summed E-state index contributed by atoms with van der Waals surface area (Å²) in [6.45, 7) is 0. The van der Waals surface area contributed by atoms with Gasteiger partial charge in [-0.05, 0) is 24.3 Å². The molecule has 0 amide bonds. The van der Waals surface area contributed by atoms with E-state index in [0.29, 0.717) is 0 Å². The molecule has 3 radical (unpaired) electrons. The van der Waals surface area contributed by atoms with Crippen LogP contribution >= 0.6 is 0 Å². The van der Waals surface area contributed by atoms with E-state index in [1.807, 2.05) is 0 Å². The summed E-state index contributed by atoms with van der Waals surface area (Å²) in [5.41, 5.74) is -0.759. The molecule has 0 saturated carbocycles. The van der Waals surface area contributed by atoms with E-state index in [4.69, 9.17) is 20.4 Å². The largest absolute Gasteiger partial charge is 2.00 e. The van der Waals surface area contributed by atoms with Crippen molar-refractivity contribution in [3.8, 4) is 0 Å². The molecule has 2 aromatic carbocycles. The fourth-order valence-electron chi connectivity index (χ4n) is 1.71. The molecular weight excluding hydrogens is 781 g/mol. The van der Waals surface area contributed by atoms with Crippen LogP contribution in [0.1, 0.15) is 45.7 Å². The number of aromatic carboxylic acids is 4. The Morgan fingerprint density at radius 1 is 0.571 bits per heavy atom. The summed E-state index contributed by atoms with van der Waals surface area (Å²) in [5.74, 6) is -4.91. The molecule has 0 aliphatic heterocycles. The van der Waals surface area contributed by atoms with Gasteiger partial charge in [-0.15, -0.1) is 0 Å². The molecule has 28 heavy (non-hydrogen) atoms. The summed E-state index contributed by atoms with van der Waals surface area (Å²) in [7, 11) is 0. The van der Waals surface area contributed by atoms with E-state index in [-0.39, 0.29) is 157 Å². The Labute approximate surface area is 265 Å². The minimum Gasteiger partial charge on any atom is -1.00 e. The van der Waals surface area contributed by atoms with Gasteiger partial charge in [-0.1, -0.05) is 24.3 Å². The van der Waals surface area contributed by atoms with Crippen LogP contribution in [0.3, 0.4) is 0 Å². The second kappa shape index (κ2) is 18.4. The van der Waals surface area contributed by atoms with E-state index in [1.165, 1.54) is 48.5 Å². The Hall–Kier alpha value is 0.658. The Kier molecular flexibility index (Phi) is 23.7. The maximum Gasteiger partial charge on any atom is 2.00 e. The Bertz CT molecular complexity index is 699. The molecule has 0 aliphatic carbocycles. The maximum atomic E-state index is 10.5. The Balaban J connectivity index is -0.0000000606. The van der Waals surface area contributed by atoms with E-state index in [1.54, 1.807) is 0 Å². The van der Waals surface area contributed by atoms with Crippen molar-refractivity contribution in [2.24, 2.45) is 0 Å². The molecule has 139 valence electrons. The third-order valence-corrected chi connectivity index (χ3v) is 2.78. The first kappa shape index (κ1) is 36.1. The van der Waals surface area contributed by atoms with Crippen molar-refractivity contribution in [2.75, 3.05) is 0 Å². The molecule has 12 heteroatoms. The average molecular weight is 796 g/mol. The molecular formula is C16H15BaBiNaO8Zr. The van der Waals surface area contributed by atoms with E-state index >= 15 is 0 Å². The fraction of sp³-hybridized carbons (Fsp3) is 0. The monoisotopic (exact) mass is 795 g/mol. The minimum absolute atomic E-state index is 0. The van der Waals surface area contributed by atoms with Crippen molar-refractivity contribution in [3.05, 3.63) is 70.8 Å². The first-order chi connectivity index (χ1) is 11.3. The number of rotatable bonds is 4. The number of carboxylic acids is 4. The van der Waals surface area contributed by atoms with Crippen molar-refractivity contribution in [1.82, 2.24) is 0 Å². The van der Waals surface area contributed by atoms with Crippen LogP contribution in [0.15, 0.2) is 48.5 Å². The van der Waals surface area contributed by atoms with E-state index < -0.39 is 23.9 Å². The third kappa shape index (κ3) is 11.7. The van der Waals surface area contributed by atoms with Gasteiger partial charge in [-0.3, -0.25) is 0 Å². The van der Waals surface area contributed by atoms with Crippen molar-refractivity contribution >= 4 is 99.0 Å². The molecule has 0 bridgehead atoms. The molecule has 8 nitrogen and oxygen atoms in total. The van der Waals surface area contributed by atoms with Gasteiger partial charge in [-0.25, -0.2) is 19.2 Å². The van der Waals surface area contributed by atoms with Gasteiger partial charge < -0.3 is 24.7 Å². The molecule has 0 saturated heterocycles. The molecule has 2 rings (SSSR count). The first-order valence-electron chi connectivity index (χ1n) is 6.37. The van der Waals surface area contributed by atoms with Gasteiger partial charge in [0.05, 0.1) is 22.3 Å². The second-order valence-corrected chi connectivity index (χ2v) is 4.31. The van der Waals surface area contributed by atoms with Crippen molar-refractivity contribution in [1.29, 1.82) is 0 Å². The smallest absolute Gasteiger partial charge is 1.00 e. The summed E-state index contributed by atoms with van der Waals surface area (Å²) in [6, 6.07) is 11.0. The Morgan fingerprint density at radius 3 is 0.821 bits per heavy atom. The van der Waals surface area contributed by atoms with Crippen molar-refractivity contribution < 1.29 is 99.6 Å². The zero-order chi connectivity index (χ0) is 18.3. The van der Waals surface area contributed by atoms with Crippen LogP contribution in [0.5, 0.6) is 0 Å². The van der Waals surface area contributed by atoms with Gasteiger partial charge in [-0.2, -0.15) is 0 Å². The van der Waals surface area contributed by atoms with Crippen LogP contribution < -0.4 is 29.6 Å². The molecule has 0 heterocycles. The van der Waals surface area contributed by atoms with E-state index in [9.17, 15) is 19.2 Å². The predicted octanol–water partition coefficient (Wildman–Crippen LogP) is -1.26. The number of hydrogen-bond donors (Lipinski definition) is 4. The molecule has 0 fully saturated rings. The zero-order valence-corrected chi connectivity index (χ0v) is 27.1. The SMILES string of the molecule is O=C(O)c1ccccc1C(=O)O.O=C(O)c1ccccc1C(=O)O.[Ba+2].[Bi].[H-].[H-].[H-].[Na+].[Zr]. The minimum atomic E-state index is -1.23. The number of carbonyl (C=O) groups is 4. The maximum absolute atomic E-state index is 10.5. The van der Waals surface area contributed by atoms with Crippen LogP contribution in [0.4, 0.5) is 0 Å². The number of hydrogen-bond acceptors (Lipinski definition) is 4. The Morgan fingerprint density at radius 2 is 0.714 bits per heavy atom. The summed E-state index contributed by atoms with van der Waals surface area (Å²) in [5, 5.41) is 34.2. The van der Waals surface area contributed by atoms with Gasteiger partial charge >= 0.3 is 102 Å². The standard InChI is InChI=1S/2C8H6O4.Ba.Bi.Na.Zr.3H/c2*9-7(10)5-3-1-2-4-6(5)8(11)12;;;;;;;/h2*1-4H,(H,9,10)(H,11,12);;;;;;;/q;;+2;;+1;;3*-1. The van der Waals surface area contributed by atoms with Crippen molar-refractivity contribution in [3.63, 3.8) is 0 Å². The van der Waals surface area contributed by atoms with E-state index in [2.05, 4.69) is 0 Å². The molecule has 0 atom stereocenters. The summed E-state index contributed by atoms with van der Waals surface area (Å²) in [6.07, 6.45) is 0. The summed E-state index contributed by atoms with van der Waals surface area (Å²) >= 11 is 0. The molecule has 0 unspecified atom stereocenters. The summed E-state index contributed by atoms with van der Waals surface area (Å²) < 4.78 is 0. The quantitative estimate of drug-likeness (QED) is 0.281. The van der Waals surface area contributed by atoms with Crippen LogP contribution in [-0.4, -0.2) is 119 Å². The molecule has 2 aromatic rings. The fourth-order valence-corrected chi connectivity index (χ4v) is 1.71. The van der Waals surface area contributed by atoms with Gasteiger partial charge in [0.25, 0.3) is 0 Å². The van der Waals surface area contributed by atoms with Gasteiger partial charge in [0.15, 0.2) is 0 Å². The van der Waals surface area contributed by atoms with Crippen LogP contribution in [0.25, 0.3) is 0 Å².